The van der Waals surface area contributed by atoms with Crippen LogP contribution in [0.3, 0.4) is 0 Å². The number of likely N-dealkylation sites (tertiary alicyclic amines) is 1. The van der Waals surface area contributed by atoms with E-state index in [0.29, 0.717) is 24.2 Å². The summed E-state index contributed by atoms with van der Waals surface area (Å²) in [7, 11) is 0. The van der Waals surface area contributed by atoms with E-state index in [4.69, 9.17) is 4.74 Å². The Morgan fingerprint density at radius 3 is 3.09 bits per heavy atom. The summed E-state index contributed by atoms with van der Waals surface area (Å²) in [5, 5.41) is 10.9. The fraction of sp³-hybridized carbons (Fsp3) is 0.438. The Morgan fingerprint density at radius 1 is 1.45 bits per heavy atom. The Kier molecular flexibility index (Phi) is 2.99. The molecule has 0 unspecified atom stereocenters. The number of carbonyl (C=O) groups is 1. The molecule has 3 heterocycles. The predicted octanol–water partition coefficient (Wildman–Crippen LogP) is 1.67. The van der Waals surface area contributed by atoms with Gasteiger partial charge in [-0.15, -0.1) is 0 Å². The lowest BCUT2D eigenvalue weighted by molar-refractivity contribution is -0.0590. The minimum Gasteiger partial charge on any atom is -0.388 e. The average Bonchev–Trinajstić information content (AvgIpc) is 3.19. The van der Waals surface area contributed by atoms with E-state index >= 15 is 0 Å². The van der Waals surface area contributed by atoms with Crippen molar-refractivity contribution in [3.63, 3.8) is 0 Å². The van der Waals surface area contributed by atoms with Crippen LogP contribution in [0.2, 0.25) is 0 Å². The van der Waals surface area contributed by atoms with Gasteiger partial charge in [-0.05, 0) is 37.1 Å². The molecule has 5 nitrogen and oxygen atoms in total. The maximum absolute atomic E-state index is 13.2. The summed E-state index contributed by atoms with van der Waals surface area (Å²) in [6, 6.07) is 6.01. The fourth-order valence-electron chi connectivity index (χ4n) is 3.52. The monoisotopic (exact) mass is 304 g/mol. The Hall–Kier alpha value is -1.92. The number of hydrogen-bond acceptors (Lipinski definition) is 3. The fourth-order valence-corrected chi connectivity index (χ4v) is 3.52. The van der Waals surface area contributed by atoms with Gasteiger partial charge in [-0.2, -0.15) is 0 Å². The maximum atomic E-state index is 13.2. The summed E-state index contributed by atoms with van der Waals surface area (Å²) in [4.78, 5) is 17.2. The molecule has 2 atom stereocenters. The van der Waals surface area contributed by atoms with Gasteiger partial charge in [-0.1, -0.05) is 0 Å². The molecule has 2 aliphatic rings. The first kappa shape index (κ1) is 13.7. The molecule has 1 aromatic heterocycles. The van der Waals surface area contributed by atoms with Gasteiger partial charge in [-0.3, -0.25) is 4.79 Å². The minimum absolute atomic E-state index is 0.192. The molecule has 2 aliphatic heterocycles. The van der Waals surface area contributed by atoms with Crippen LogP contribution in [0.1, 0.15) is 23.3 Å². The quantitative estimate of drug-likeness (QED) is 0.842. The number of H-pyrrole nitrogens is 1. The van der Waals surface area contributed by atoms with Crippen molar-refractivity contribution >= 4 is 16.8 Å². The van der Waals surface area contributed by atoms with Gasteiger partial charge >= 0.3 is 0 Å². The standard InChI is InChI=1S/C16H17FN2O3/c17-11-2-3-12-10(6-11)7-13(18-12)15(21)19-8-14(20)16(9-19)4-1-5-22-16/h2-3,6-7,14,18,20H,1,4-5,8-9H2/t14-,16-/m0/s1. The normalized spacial score (nSPS) is 28.1. The molecular weight excluding hydrogens is 287 g/mol. The van der Waals surface area contributed by atoms with Crippen LogP contribution >= 0.6 is 0 Å². The molecule has 22 heavy (non-hydrogen) atoms. The number of aliphatic hydroxyl groups is 1. The molecule has 6 heteroatoms. The molecule has 0 aliphatic carbocycles. The molecule has 1 spiro atoms. The molecule has 0 saturated carbocycles. The summed E-state index contributed by atoms with van der Waals surface area (Å²) in [6.07, 6.45) is 1.03. The lowest BCUT2D eigenvalue weighted by Gasteiger charge is -2.25. The zero-order valence-corrected chi connectivity index (χ0v) is 12.0. The maximum Gasteiger partial charge on any atom is 0.270 e. The van der Waals surface area contributed by atoms with E-state index < -0.39 is 11.7 Å². The number of halogens is 1. The molecule has 1 amide bonds. The first-order valence-electron chi connectivity index (χ1n) is 7.47. The average molecular weight is 304 g/mol. The highest BCUT2D eigenvalue weighted by Gasteiger charge is 2.50. The third-order valence-corrected chi connectivity index (χ3v) is 4.69. The molecule has 2 saturated heterocycles. The lowest BCUT2D eigenvalue weighted by atomic mass is 9.97. The van der Waals surface area contributed by atoms with Gasteiger partial charge in [0.05, 0.1) is 6.54 Å². The molecule has 2 aromatic rings. The third kappa shape index (κ3) is 2.02. The van der Waals surface area contributed by atoms with Crippen molar-refractivity contribution in [3.05, 3.63) is 35.8 Å². The van der Waals surface area contributed by atoms with Crippen molar-refractivity contribution in [2.24, 2.45) is 0 Å². The highest BCUT2D eigenvalue weighted by molar-refractivity contribution is 5.98. The van der Waals surface area contributed by atoms with E-state index in [1.807, 2.05) is 0 Å². The van der Waals surface area contributed by atoms with Crippen LogP contribution in [0.25, 0.3) is 10.9 Å². The summed E-state index contributed by atoms with van der Waals surface area (Å²) in [5.74, 6) is -0.525. The summed E-state index contributed by atoms with van der Waals surface area (Å²) >= 11 is 0. The van der Waals surface area contributed by atoms with Gasteiger partial charge in [0.25, 0.3) is 5.91 Å². The molecule has 0 radical (unpaired) electrons. The number of nitrogens with one attached hydrogen (secondary N) is 1. The summed E-state index contributed by atoms with van der Waals surface area (Å²) < 4.78 is 18.9. The van der Waals surface area contributed by atoms with Gasteiger partial charge in [-0.25, -0.2) is 4.39 Å². The second-order valence-corrected chi connectivity index (χ2v) is 6.13. The minimum atomic E-state index is -0.652. The molecular formula is C16H17FN2O3. The number of aromatic amines is 1. The van der Waals surface area contributed by atoms with Crippen molar-refractivity contribution in [2.45, 2.75) is 24.5 Å². The van der Waals surface area contributed by atoms with E-state index in [-0.39, 0.29) is 18.3 Å². The molecule has 4 rings (SSSR count). The highest BCUT2D eigenvalue weighted by atomic mass is 19.1. The van der Waals surface area contributed by atoms with E-state index in [1.54, 1.807) is 17.0 Å². The second-order valence-electron chi connectivity index (χ2n) is 6.13. The lowest BCUT2D eigenvalue weighted by Crippen LogP contribution is -2.41. The third-order valence-electron chi connectivity index (χ3n) is 4.69. The smallest absolute Gasteiger partial charge is 0.270 e. The van der Waals surface area contributed by atoms with E-state index in [0.717, 1.165) is 18.4 Å². The Labute approximate surface area is 126 Å². The summed E-state index contributed by atoms with van der Waals surface area (Å²) in [5.41, 5.74) is 0.521. The van der Waals surface area contributed by atoms with Crippen molar-refractivity contribution < 1.29 is 19.0 Å². The number of aliphatic hydroxyl groups excluding tert-OH is 1. The van der Waals surface area contributed by atoms with Crippen molar-refractivity contribution in [1.29, 1.82) is 0 Å². The number of hydrogen-bond donors (Lipinski definition) is 2. The number of rotatable bonds is 1. The molecule has 2 fully saturated rings. The largest absolute Gasteiger partial charge is 0.388 e. The number of aromatic nitrogens is 1. The Bertz CT molecular complexity index is 736. The van der Waals surface area contributed by atoms with E-state index in [2.05, 4.69) is 4.98 Å². The van der Waals surface area contributed by atoms with Crippen molar-refractivity contribution in [1.82, 2.24) is 9.88 Å². The van der Waals surface area contributed by atoms with Crippen LogP contribution in [0.5, 0.6) is 0 Å². The predicted molar refractivity (Wildman–Crippen MR) is 78.1 cm³/mol. The number of fused-ring (bicyclic) bond motifs is 1. The van der Waals surface area contributed by atoms with Crippen molar-refractivity contribution in [2.75, 3.05) is 19.7 Å². The van der Waals surface area contributed by atoms with Crippen LogP contribution in [-0.2, 0) is 4.74 Å². The Morgan fingerprint density at radius 2 is 2.32 bits per heavy atom. The number of benzene rings is 1. The number of nitrogens with zero attached hydrogens (tertiary/aromatic N) is 1. The van der Waals surface area contributed by atoms with Crippen LogP contribution in [-0.4, -0.2) is 52.3 Å². The van der Waals surface area contributed by atoms with Crippen LogP contribution in [0, 0.1) is 5.82 Å². The zero-order valence-electron chi connectivity index (χ0n) is 12.0. The first-order valence-corrected chi connectivity index (χ1v) is 7.47. The first-order chi connectivity index (χ1) is 10.6. The van der Waals surface area contributed by atoms with Gasteiger partial charge < -0.3 is 19.7 Å². The Balaban J connectivity index is 1.61. The van der Waals surface area contributed by atoms with Gasteiger partial charge in [0.2, 0.25) is 0 Å². The van der Waals surface area contributed by atoms with E-state index in [1.165, 1.54) is 12.1 Å². The number of β-amino-alcohol motifs (C(OH)–C–C–N with tert-alkyl or cyclic N) is 1. The molecule has 116 valence electrons. The van der Waals surface area contributed by atoms with E-state index in [9.17, 15) is 14.3 Å². The zero-order chi connectivity index (χ0) is 15.3. The van der Waals surface area contributed by atoms with Crippen molar-refractivity contribution in [3.8, 4) is 0 Å². The SMILES string of the molecule is O=C(c1cc2cc(F)ccc2[nH]1)N1C[C@H](O)[C@]2(CCCO2)C1. The number of ether oxygens (including phenoxy) is 1. The second kappa shape index (κ2) is 4.79. The molecule has 2 N–H and O–H groups in total. The van der Waals surface area contributed by atoms with Crippen LogP contribution in [0.4, 0.5) is 4.39 Å². The highest BCUT2D eigenvalue weighted by Crippen LogP contribution is 2.35. The topological polar surface area (TPSA) is 65.6 Å². The van der Waals surface area contributed by atoms with Gasteiger partial charge in [0.15, 0.2) is 0 Å². The summed E-state index contributed by atoms with van der Waals surface area (Å²) in [6.45, 7) is 1.30. The number of carbonyl (C=O) groups excluding carboxylic acids is 1. The van der Waals surface area contributed by atoms with Gasteiger partial charge in [0.1, 0.15) is 23.2 Å². The molecule has 1 aromatic carbocycles. The number of amides is 1. The van der Waals surface area contributed by atoms with Gasteiger partial charge in [0, 0.05) is 24.1 Å². The van der Waals surface area contributed by atoms with Crippen LogP contribution in [0.15, 0.2) is 24.3 Å². The van der Waals surface area contributed by atoms with Crippen LogP contribution < -0.4 is 0 Å². The molecule has 0 bridgehead atoms.